The van der Waals surface area contributed by atoms with Crippen LogP contribution in [0.4, 0.5) is 0 Å². The van der Waals surface area contributed by atoms with E-state index in [9.17, 15) is 13.2 Å². The molecule has 1 aromatic carbocycles. The van der Waals surface area contributed by atoms with Gasteiger partial charge in [0.25, 0.3) is 0 Å². The van der Waals surface area contributed by atoms with E-state index in [2.05, 4.69) is 5.32 Å². The molecule has 1 amide bonds. The van der Waals surface area contributed by atoms with Crippen LogP contribution < -0.4 is 14.8 Å². The minimum absolute atomic E-state index is 0.0588. The highest BCUT2D eigenvalue weighted by atomic mass is 32.2. The highest BCUT2D eigenvalue weighted by Gasteiger charge is 2.28. The zero-order valence-corrected chi connectivity index (χ0v) is 15.2. The normalized spacial score (nSPS) is 20.6. The van der Waals surface area contributed by atoms with Gasteiger partial charge in [0.15, 0.2) is 0 Å². The first-order chi connectivity index (χ1) is 12.0. The zero-order valence-electron chi connectivity index (χ0n) is 14.4. The van der Waals surface area contributed by atoms with Crippen molar-refractivity contribution < 1.29 is 22.7 Å². The van der Waals surface area contributed by atoms with Crippen LogP contribution in [0.5, 0.6) is 11.5 Å². The second-order valence-corrected chi connectivity index (χ2v) is 8.49. The van der Waals surface area contributed by atoms with Gasteiger partial charge in [-0.25, -0.2) is 12.7 Å². The number of carbonyl (C=O) groups is 1. The lowest BCUT2D eigenvalue weighted by molar-refractivity contribution is -0.126. The summed E-state index contributed by atoms with van der Waals surface area (Å²) in [5.74, 6) is 0.928. The summed E-state index contributed by atoms with van der Waals surface area (Å²) in [6.45, 7) is 1.60. The highest BCUT2D eigenvalue weighted by Crippen LogP contribution is 2.30. The van der Waals surface area contributed by atoms with E-state index in [-0.39, 0.29) is 24.1 Å². The van der Waals surface area contributed by atoms with Gasteiger partial charge in [-0.1, -0.05) is 0 Å². The van der Waals surface area contributed by atoms with Crippen LogP contribution in [0.1, 0.15) is 18.4 Å². The summed E-state index contributed by atoms with van der Waals surface area (Å²) in [5, 5.41) is 2.74. The van der Waals surface area contributed by atoms with Gasteiger partial charge in [0.05, 0.1) is 18.8 Å². The zero-order chi connectivity index (χ0) is 17.9. The number of hydrogen-bond acceptors (Lipinski definition) is 5. The van der Waals surface area contributed by atoms with Gasteiger partial charge in [-0.3, -0.25) is 4.79 Å². The number of carbonyl (C=O) groups excluding carboxylic acids is 1. The molecule has 1 N–H and O–H groups in total. The largest absolute Gasteiger partial charge is 0.497 e. The Hall–Kier alpha value is -1.80. The van der Waals surface area contributed by atoms with Gasteiger partial charge in [-0.2, -0.15) is 0 Å². The summed E-state index contributed by atoms with van der Waals surface area (Å²) in [5.41, 5.74) is 0.926. The van der Waals surface area contributed by atoms with E-state index in [1.807, 2.05) is 18.2 Å². The molecule has 8 heteroatoms. The van der Waals surface area contributed by atoms with E-state index in [1.165, 1.54) is 4.31 Å². The van der Waals surface area contributed by atoms with Gasteiger partial charge in [0, 0.05) is 19.6 Å². The first-order valence-corrected chi connectivity index (χ1v) is 10.2. The van der Waals surface area contributed by atoms with Gasteiger partial charge >= 0.3 is 0 Å². The van der Waals surface area contributed by atoms with Gasteiger partial charge in [0.1, 0.15) is 18.1 Å². The number of ether oxygens (including phenoxy) is 2. The Morgan fingerprint density at radius 3 is 2.84 bits per heavy atom. The summed E-state index contributed by atoms with van der Waals surface area (Å²) in [6.07, 6.45) is 2.37. The first kappa shape index (κ1) is 18.0. The van der Waals surface area contributed by atoms with Crippen molar-refractivity contribution in [3.63, 3.8) is 0 Å². The van der Waals surface area contributed by atoms with Crippen molar-refractivity contribution in [2.24, 2.45) is 5.92 Å². The fraction of sp³-hybridized carbons (Fsp3) is 0.588. The Labute approximate surface area is 148 Å². The third kappa shape index (κ3) is 4.24. The molecule has 7 nitrogen and oxygen atoms in total. The molecular weight excluding hydrogens is 344 g/mol. The molecule has 0 aliphatic carbocycles. The smallest absolute Gasteiger partial charge is 0.226 e. The average Bonchev–Trinajstić information content (AvgIpc) is 3.16. The van der Waals surface area contributed by atoms with E-state index >= 15 is 0 Å². The van der Waals surface area contributed by atoms with Gasteiger partial charge in [-0.15, -0.1) is 0 Å². The number of nitrogens with zero attached hydrogens (tertiary/aromatic N) is 1. The molecule has 3 rings (SSSR count). The molecule has 0 bridgehead atoms. The Morgan fingerprint density at radius 1 is 1.36 bits per heavy atom. The summed E-state index contributed by atoms with van der Waals surface area (Å²) in [4.78, 5) is 12.3. The first-order valence-electron chi connectivity index (χ1n) is 8.55. The highest BCUT2D eigenvalue weighted by molar-refractivity contribution is 7.89. The van der Waals surface area contributed by atoms with Crippen LogP contribution in [0.25, 0.3) is 0 Å². The van der Waals surface area contributed by atoms with Crippen molar-refractivity contribution in [2.45, 2.75) is 19.3 Å². The van der Waals surface area contributed by atoms with E-state index < -0.39 is 10.0 Å². The van der Waals surface area contributed by atoms with Crippen molar-refractivity contribution >= 4 is 15.9 Å². The number of sulfonamides is 1. The molecule has 2 aliphatic heterocycles. The lowest BCUT2D eigenvalue weighted by Crippen LogP contribution is -2.41. The predicted octanol–water partition coefficient (Wildman–Crippen LogP) is 0.788. The molecule has 1 fully saturated rings. The van der Waals surface area contributed by atoms with Crippen molar-refractivity contribution in [3.05, 3.63) is 23.8 Å². The molecule has 1 saturated heterocycles. The molecule has 2 aliphatic rings. The van der Waals surface area contributed by atoms with Crippen LogP contribution in [-0.2, 0) is 21.2 Å². The lowest BCUT2D eigenvalue weighted by atomic mass is 9.96. The molecule has 2 heterocycles. The van der Waals surface area contributed by atoms with Crippen molar-refractivity contribution in [2.75, 3.05) is 39.1 Å². The van der Waals surface area contributed by atoms with E-state index in [1.54, 1.807) is 7.11 Å². The second-order valence-electron chi connectivity index (χ2n) is 6.40. The number of hydrogen-bond donors (Lipinski definition) is 1. The summed E-state index contributed by atoms with van der Waals surface area (Å²) >= 11 is 0. The standard InChI is InChI=1S/C17H24N2O5S/c1-23-15-4-5-16-13(11-15)10-14(12-24-16)17(20)18-6-9-25(21,22)19-7-2-3-8-19/h4-5,11,14H,2-3,6-10,12H2,1H3,(H,18,20)/t14-/m1/s1. The van der Waals surface area contributed by atoms with Crippen LogP contribution >= 0.6 is 0 Å². The van der Waals surface area contributed by atoms with E-state index in [0.29, 0.717) is 26.1 Å². The third-order valence-corrected chi connectivity index (χ3v) is 6.53. The van der Waals surface area contributed by atoms with Crippen molar-refractivity contribution in [1.82, 2.24) is 9.62 Å². The Kier molecular flexibility index (Phi) is 5.48. The Morgan fingerprint density at radius 2 is 2.12 bits per heavy atom. The third-order valence-electron chi connectivity index (χ3n) is 4.66. The van der Waals surface area contributed by atoms with Gasteiger partial charge in [-0.05, 0) is 43.0 Å². The SMILES string of the molecule is COc1ccc2c(c1)C[C@@H](C(=O)NCCS(=O)(=O)N1CCCC1)CO2. The quantitative estimate of drug-likeness (QED) is 0.802. The molecular formula is C17H24N2O5S. The van der Waals surface area contributed by atoms with Crippen molar-refractivity contribution in [3.8, 4) is 11.5 Å². The average molecular weight is 368 g/mol. The molecule has 138 valence electrons. The van der Waals surface area contributed by atoms with E-state index in [4.69, 9.17) is 9.47 Å². The van der Waals surface area contributed by atoms with Crippen LogP contribution in [0.3, 0.4) is 0 Å². The van der Waals surface area contributed by atoms with Crippen LogP contribution in [0.2, 0.25) is 0 Å². The number of rotatable bonds is 6. The molecule has 25 heavy (non-hydrogen) atoms. The molecule has 1 atom stereocenters. The molecule has 0 unspecified atom stereocenters. The summed E-state index contributed by atoms with van der Waals surface area (Å²) < 4.78 is 36.7. The van der Waals surface area contributed by atoms with Crippen LogP contribution in [0.15, 0.2) is 18.2 Å². The van der Waals surface area contributed by atoms with Gasteiger partial charge < -0.3 is 14.8 Å². The van der Waals surface area contributed by atoms with E-state index in [0.717, 1.165) is 29.9 Å². The number of benzene rings is 1. The molecule has 0 radical (unpaired) electrons. The molecule has 0 aromatic heterocycles. The molecule has 0 spiro atoms. The minimum Gasteiger partial charge on any atom is -0.497 e. The maximum Gasteiger partial charge on any atom is 0.226 e. The molecule has 1 aromatic rings. The predicted molar refractivity (Wildman–Crippen MR) is 93.3 cm³/mol. The van der Waals surface area contributed by atoms with Crippen molar-refractivity contribution in [1.29, 1.82) is 0 Å². The molecule has 0 saturated carbocycles. The Balaban J connectivity index is 1.52. The monoisotopic (exact) mass is 368 g/mol. The summed E-state index contributed by atoms with van der Waals surface area (Å²) in [6, 6.07) is 5.53. The number of amides is 1. The number of fused-ring (bicyclic) bond motifs is 1. The topological polar surface area (TPSA) is 84.9 Å². The lowest BCUT2D eigenvalue weighted by Gasteiger charge is -2.25. The second kappa shape index (κ2) is 7.61. The van der Waals surface area contributed by atoms with Crippen LogP contribution in [-0.4, -0.2) is 57.7 Å². The van der Waals surface area contributed by atoms with Gasteiger partial charge in [0.2, 0.25) is 15.9 Å². The fourth-order valence-electron chi connectivity index (χ4n) is 3.21. The minimum atomic E-state index is -3.27. The number of methoxy groups -OCH3 is 1. The van der Waals surface area contributed by atoms with Crippen LogP contribution in [0, 0.1) is 5.92 Å². The summed E-state index contributed by atoms with van der Waals surface area (Å²) in [7, 11) is -1.68. The fourth-order valence-corrected chi connectivity index (χ4v) is 4.64. The maximum absolute atomic E-state index is 12.3. The Bertz CT molecular complexity index is 729. The number of nitrogens with one attached hydrogen (secondary N) is 1. The maximum atomic E-state index is 12.3.